The van der Waals surface area contributed by atoms with Crippen molar-refractivity contribution in [3.63, 3.8) is 0 Å². The van der Waals surface area contributed by atoms with E-state index in [-0.39, 0.29) is 11.6 Å². The van der Waals surface area contributed by atoms with Crippen molar-refractivity contribution in [1.82, 2.24) is 9.80 Å². The first-order chi connectivity index (χ1) is 12.9. The first-order valence-electron chi connectivity index (χ1n) is 8.60. The van der Waals surface area contributed by atoms with Crippen molar-refractivity contribution in [2.24, 2.45) is 5.73 Å². The molecule has 0 aromatic heterocycles. The zero-order chi connectivity index (χ0) is 19.8. The van der Waals surface area contributed by atoms with Crippen molar-refractivity contribution in [1.29, 1.82) is 0 Å². The van der Waals surface area contributed by atoms with Crippen LogP contribution in [0.2, 0.25) is 0 Å². The van der Waals surface area contributed by atoms with Crippen LogP contribution in [-0.2, 0) is 10.5 Å². The molecule has 1 aliphatic rings. The Hall–Kier alpha value is -1.36. The van der Waals surface area contributed by atoms with Crippen LogP contribution in [0.5, 0.6) is 0 Å². The van der Waals surface area contributed by atoms with Gasteiger partial charge in [0.15, 0.2) is 0 Å². The number of hydrogen-bond acceptors (Lipinski definition) is 7. The summed E-state index contributed by atoms with van der Waals surface area (Å²) in [4.78, 5) is 26.6. The Morgan fingerprint density at radius 3 is 2.41 bits per heavy atom. The van der Waals surface area contributed by atoms with Crippen LogP contribution in [0.15, 0.2) is 24.3 Å². The van der Waals surface area contributed by atoms with E-state index in [4.69, 9.17) is 18.0 Å². The van der Waals surface area contributed by atoms with Gasteiger partial charge in [0.25, 0.3) is 5.69 Å². The second-order valence-corrected chi connectivity index (χ2v) is 8.77. The lowest BCUT2D eigenvalue weighted by Gasteiger charge is -2.37. The molecule has 10 heteroatoms. The highest BCUT2D eigenvalue weighted by molar-refractivity contribution is 8.22. The molecular weight excluding hydrogens is 404 g/mol. The first-order valence-corrected chi connectivity index (χ1v) is 11.4. The zero-order valence-corrected chi connectivity index (χ0v) is 17.7. The number of carbonyl (C=O) groups is 1. The molecule has 0 saturated carbocycles. The van der Waals surface area contributed by atoms with Gasteiger partial charge in [-0.25, -0.2) is 0 Å². The summed E-state index contributed by atoms with van der Waals surface area (Å²) in [5.41, 5.74) is 7.05. The van der Waals surface area contributed by atoms with Crippen molar-refractivity contribution < 1.29 is 9.72 Å². The summed E-state index contributed by atoms with van der Waals surface area (Å²) in [5, 5.41) is 10.7. The summed E-state index contributed by atoms with van der Waals surface area (Å²) in [7, 11) is 0. The minimum absolute atomic E-state index is 0.0214. The Bertz CT molecular complexity index is 664. The van der Waals surface area contributed by atoms with Gasteiger partial charge in [-0.15, -0.1) is 0 Å². The highest BCUT2D eigenvalue weighted by Gasteiger charge is 2.26. The van der Waals surface area contributed by atoms with Crippen molar-refractivity contribution in [3.05, 3.63) is 39.9 Å². The zero-order valence-electron chi connectivity index (χ0n) is 15.2. The van der Waals surface area contributed by atoms with E-state index in [2.05, 4.69) is 4.90 Å². The average molecular weight is 429 g/mol. The normalized spacial score (nSPS) is 15.5. The molecule has 27 heavy (non-hydrogen) atoms. The van der Waals surface area contributed by atoms with Gasteiger partial charge >= 0.3 is 0 Å². The Morgan fingerprint density at radius 2 is 1.85 bits per heavy atom. The summed E-state index contributed by atoms with van der Waals surface area (Å²) >= 11 is 8.73. The molecule has 148 valence electrons. The molecule has 1 unspecified atom stereocenters. The Balaban J connectivity index is 1.76. The Labute approximate surface area is 173 Å². The molecule has 2 rings (SSSR count). The third-order valence-electron chi connectivity index (χ3n) is 4.31. The summed E-state index contributed by atoms with van der Waals surface area (Å²) in [6.07, 6.45) is 2.70. The number of benzene rings is 1. The fraction of sp³-hybridized carbons (Fsp3) is 0.529. The quantitative estimate of drug-likeness (QED) is 0.402. The average Bonchev–Trinajstić information content (AvgIpc) is 2.70. The number of nitrogens with two attached hydrogens (primary N) is 1. The number of non-ortho nitro benzene ring substituents is 1. The van der Waals surface area contributed by atoms with Gasteiger partial charge in [0.05, 0.1) is 11.0 Å². The van der Waals surface area contributed by atoms with Gasteiger partial charge in [-0.3, -0.25) is 14.9 Å². The number of hydrogen-bond donors (Lipinski definition) is 1. The fourth-order valence-corrected chi connectivity index (χ4v) is 4.36. The van der Waals surface area contributed by atoms with Crippen LogP contribution in [0.1, 0.15) is 12.0 Å². The van der Waals surface area contributed by atoms with Crippen LogP contribution in [0.4, 0.5) is 5.69 Å². The van der Waals surface area contributed by atoms with E-state index in [0.717, 1.165) is 15.6 Å². The lowest BCUT2D eigenvalue weighted by Crippen LogP contribution is -2.53. The lowest BCUT2D eigenvalue weighted by atomic mass is 10.2. The van der Waals surface area contributed by atoms with E-state index < -0.39 is 11.0 Å². The number of rotatable bonds is 7. The molecule has 0 spiro atoms. The molecule has 1 atom stereocenters. The fourth-order valence-electron chi connectivity index (χ4n) is 2.66. The number of carbonyl (C=O) groups excluding carboxylic acids is 1. The van der Waals surface area contributed by atoms with E-state index in [1.54, 1.807) is 23.9 Å². The van der Waals surface area contributed by atoms with E-state index in [0.29, 0.717) is 38.4 Å². The first kappa shape index (κ1) is 21.9. The second kappa shape index (κ2) is 10.8. The van der Waals surface area contributed by atoms with Gasteiger partial charge in [0, 0.05) is 44.1 Å². The predicted molar refractivity (Wildman–Crippen MR) is 116 cm³/mol. The van der Waals surface area contributed by atoms with Crippen molar-refractivity contribution >= 4 is 51.7 Å². The third-order valence-corrected chi connectivity index (χ3v) is 6.55. The molecule has 7 nitrogen and oxygen atoms in total. The van der Waals surface area contributed by atoms with Gasteiger partial charge in [-0.2, -0.15) is 11.8 Å². The number of nitrogens with zero attached hydrogens (tertiary/aromatic N) is 3. The monoisotopic (exact) mass is 428 g/mol. The lowest BCUT2D eigenvalue weighted by molar-refractivity contribution is -0.384. The van der Waals surface area contributed by atoms with Gasteiger partial charge < -0.3 is 15.5 Å². The Morgan fingerprint density at radius 1 is 1.26 bits per heavy atom. The summed E-state index contributed by atoms with van der Waals surface area (Å²) in [6, 6.07) is 6.08. The molecule has 1 aromatic carbocycles. The molecular formula is C17H24N4O3S3. The van der Waals surface area contributed by atoms with Crippen molar-refractivity contribution in [2.75, 3.05) is 38.2 Å². The molecule has 0 bridgehead atoms. The minimum atomic E-state index is -0.424. The summed E-state index contributed by atoms with van der Waals surface area (Å²) < 4.78 is 0.784. The van der Waals surface area contributed by atoms with Gasteiger partial charge in [0.2, 0.25) is 5.91 Å². The molecule has 1 saturated heterocycles. The maximum absolute atomic E-state index is 12.4. The number of thiocarbonyl (C=S) groups is 1. The third kappa shape index (κ3) is 6.63. The molecule has 1 aliphatic heterocycles. The smallest absolute Gasteiger partial charge is 0.269 e. The number of nitro benzene ring substituents is 1. The van der Waals surface area contributed by atoms with Gasteiger partial charge in [0.1, 0.15) is 4.32 Å². The summed E-state index contributed by atoms with van der Waals surface area (Å²) in [5.74, 6) is 1.57. The maximum Gasteiger partial charge on any atom is 0.269 e. The van der Waals surface area contributed by atoms with Crippen LogP contribution >= 0.6 is 35.7 Å². The van der Waals surface area contributed by atoms with Gasteiger partial charge in [-0.05, 0) is 24.0 Å². The highest BCUT2D eigenvalue weighted by atomic mass is 32.2. The number of amides is 1. The number of thioether (sulfide) groups is 2. The standard InChI is InChI=1S/C17H24N4O3S3/c1-26-11-6-15(18)16(22)19-7-9-20(10-8-19)17(25)27-12-13-2-4-14(5-3-13)21(23)24/h2-5,15H,6-12,18H2,1H3. The van der Waals surface area contributed by atoms with Gasteiger partial charge in [-0.1, -0.05) is 36.1 Å². The predicted octanol–water partition coefficient (Wildman–Crippen LogP) is 2.34. The number of piperazine rings is 1. The molecule has 0 aliphatic carbocycles. The van der Waals surface area contributed by atoms with E-state index in [1.165, 1.54) is 23.9 Å². The van der Waals surface area contributed by atoms with E-state index >= 15 is 0 Å². The number of nitro groups is 1. The van der Waals surface area contributed by atoms with Crippen molar-refractivity contribution in [3.8, 4) is 0 Å². The van der Waals surface area contributed by atoms with Crippen LogP contribution < -0.4 is 5.73 Å². The Kier molecular flexibility index (Phi) is 8.81. The van der Waals surface area contributed by atoms with Crippen LogP contribution in [0, 0.1) is 10.1 Å². The van der Waals surface area contributed by atoms with E-state index in [9.17, 15) is 14.9 Å². The largest absolute Gasteiger partial charge is 0.354 e. The second-order valence-electron chi connectivity index (χ2n) is 6.18. The van der Waals surface area contributed by atoms with Crippen LogP contribution in [-0.4, -0.2) is 69.2 Å². The molecule has 2 N–H and O–H groups in total. The van der Waals surface area contributed by atoms with Crippen molar-refractivity contribution in [2.45, 2.75) is 18.2 Å². The molecule has 1 aromatic rings. The molecule has 1 amide bonds. The SMILES string of the molecule is CSCCC(N)C(=O)N1CCN(C(=S)SCc2ccc([N+](=O)[O-])cc2)CC1. The molecule has 1 fully saturated rings. The minimum Gasteiger partial charge on any atom is -0.354 e. The topological polar surface area (TPSA) is 92.7 Å². The van der Waals surface area contributed by atoms with E-state index in [1.807, 2.05) is 11.2 Å². The maximum atomic E-state index is 12.4. The molecule has 0 radical (unpaired) electrons. The highest BCUT2D eigenvalue weighted by Crippen LogP contribution is 2.20. The molecule has 1 heterocycles. The summed E-state index contributed by atoms with van der Waals surface area (Å²) in [6.45, 7) is 2.66. The van der Waals surface area contributed by atoms with Crippen LogP contribution in [0.25, 0.3) is 0 Å². The van der Waals surface area contributed by atoms with Crippen LogP contribution in [0.3, 0.4) is 0 Å².